The highest BCUT2D eigenvalue weighted by Gasteiger charge is 2.34. The fraction of sp³-hybridized carbons (Fsp3) is 0.115. The van der Waals surface area contributed by atoms with Gasteiger partial charge in [0, 0.05) is 5.56 Å². The summed E-state index contributed by atoms with van der Waals surface area (Å²) >= 11 is 2.91. The van der Waals surface area contributed by atoms with Crippen LogP contribution in [0.25, 0.3) is 11.8 Å². The van der Waals surface area contributed by atoms with Gasteiger partial charge in [-0.05, 0) is 41.0 Å². The first-order valence-corrected chi connectivity index (χ1v) is 12.3. The van der Waals surface area contributed by atoms with Crippen LogP contribution in [0.4, 0.5) is 0 Å². The lowest BCUT2D eigenvalue weighted by molar-refractivity contribution is -0.138. The number of carbonyl (C=O) groups is 1. The predicted octanol–water partition coefficient (Wildman–Crippen LogP) is 4.00. The summed E-state index contributed by atoms with van der Waals surface area (Å²) in [5.74, 6) is -0.471. The predicted molar refractivity (Wildman–Crippen MR) is 132 cm³/mol. The van der Waals surface area contributed by atoms with Crippen molar-refractivity contribution in [3.63, 3.8) is 0 Å². The number of hydrogen-bond donors (Lipinski definition) is 0. The maximum absolute atomic E-state index is 13.6. The Kier molecular flexibility index (Phi) is 5.90. The van der Waals surface area contributed by atoms with Gasteiger partial charge in [-0.1, -0.05) is 72.0 Å². The number of nitrogens with zero attached hydrogens (tertiary/aromatic N) is 2. The van der Waals surface area contributed by atoms with Crippen LogP contribution in [0.3, 0.4) is 0 Å². The average molecular weight is 473 g/mol. The summed E-state index contributed by atoms with van der Waals surface area (Å²) in [6, 6.07) is 20.5. The summed E-state index contributed by atoms with van der Waals surface area (Å²) in [5.41, 5.74) is 3.32. The second-order valence-electron chi connectivity index (χ2n) is 7.40. The maximum Gasteiger partial charge on any atom is 0.338 e. The highest BCUT2D eigenvalue weighted by Crippen LogP contribution is 2.34. The number of thiophene rings is 1. The van der Waals surface area contributed by atoms with Gasteiger partial charge in [-0.2, -0.15) is 11.3 Å². The Morgan fingerprint density at radius 2 is 1.82 bits per heavy atom. The molecular formula is C26H20N2O3S2. The minimum Gasteiger partial charge on any atom is -0.463 e. The summed E-state index contributed by atoms with van der Waals surface area (Å²) in [5, 5.41) is 3.97. The average Bonchev–Trinajstić information content (AvgIpc) is 3.47. The van der Waals surface area contributed by atoms with Crippen LogP contribution in [0.1, 0.15) is 29.7 Å². The first-order chi connectivity index (χ1) is 16.2. The van der Waals surface area contributed by atoms with Crippen molar-refractivity contribution >= 4 is 40.4 Å². The zero-order valence-corrected chi connectivity index (χ0v) is 19.4. The number of thiazole rings is 1. The minimum absolute atomic E-state index is 0.173. The van der Waals surface area contributed by atoms with Gasteiger partial charge in [-0.3, -0.25) is 9.36 Å². The first kappa shape index (κ1) is 21.3. The highest BCUT2D eigenvalue weighted by atomic mass is 32.1. The molecule has 164 valence electrons. The molecule has 1 aliphatic heterocycles. The van der Waals surface area contributed by atoms with E-state index in [1.54, 1.807) is 22.8 Å². The van der Waals surface area contributed by atoms with Crippen molar-refractivity contribution in [2.24, 2.45) is 4.99 Å². The third-order valence-corrected chi connectivity index (χ3v) is 7.01. The standard InChI is InChI=1S/C26H20N2O3S2/c1-2-31-25(30)21-22(18-9-5-3-6-10-18)27-26-28(23(21)19-11-7-4-8-12-19)24(29)20(33-26)15-17-13-14-32-16-17/h3-16,23H,2H2,1H3/b20-15+. The van der Waals surface area contributed by atoms with Crippen molar-refractivity contribution in [1.82, 2.24) is 4.57 Å². The number of carbonyl (C=O) groups excluding carboxylic acids is 1. The molecule has 0 spiro atoms. The Hall–Kier alpha value is -3.55. The third-order valence-electron chi connectivity index (χ3n) is 5.33. The van der Waals surface area contributed by atoms with Crippen molar-refractivity contribution in [2.75, 3.05) is 6.61 Å². The van der Waals surface area contributed by atoms with Crippen LogP contribution in [-0.2, 0) is 9.53 Å². The Bertz CT molecular complexity index is 1500. The lowest BCUT2D eigenvalue weighted by Gasteiger charge is -2.25. The molecule has 1 aliphatic rings. The topological polar surface area (TPSA) is 60.7 Å². The summed E-state index contributed by atoms with van der Waals surface area (Å²) in [6.07, 6.45) is 1.87. The molecule has 0 N–H and O–H groups in total. The minimum atomic E-state index is -0.638. The van der Waals surface area contributed by atoms with Crippen LogP contribution in [0.2, 0.25) is 0 Å². The molecule has 5 rings (SSSR count). The van der Waals surface area contributed by atoms with Crippen LogP contribution >= 0.6 is 22.7 Å². The molecule has 1 unspecified atom stereocenters. The monoisotopic (exact) mass is 472 g/mol. The second-order valence-corrected chi connectivity index (χ2v) is 9.19. The van der Waals surface area contributed by atoms with Crippen molar-refractivity contribution in [3.05, 3.63) is 119 Å². The molecule has 2 aromatic carbocycles. The molecule has 33 heavy (non-hydrogen) atoms. The Balaban J connectivity index is 1.85. The number of aromatic nitrogens is 1. The Morgan fingerprint density at radius 1 is 1.09 bits per heavy atom. The van der Waals surface area contributed by atoms with Crippen molar-refractivity contribution in [3.8, 4) is 0 Å². The van der Waals surface area contributed by atoms with Gasteiger partial charge in [0.2, 0.25) is 0 Å². The van der Waals surface area contributed by atoms with Gasteiger partial charge in [0.05, 0.1) is 28.5 Å². The van der Waals surface area contributed by atoms with Gasteiger partial charge in [0.25, 0.3) is 5.56 Å². The number of esters is 1. The van der Waals surface area contributed by atoms with E-state index in [9.17, 15) is 9.59 Å². The smallest absolute Gasteiger partial charge is 0.338 e. The van der Waals surface area contributed by atoms with Crippen molar-refractivity contribution in [2.45, 2.75) is 13.0 Å². The molecule has 2 aromatic heterocycles. The molecule has 0 saturated heterocycles. The van der Waals surface area contributed by atoms with E-state index in [2.05, 4.69) is 0 Å². The van der Waals surface area contributed by atoms with E-state index in [0.717, 1.165) is 16.7 Å². The molecule has 0 fully saturated rings. The summed E-state index contributed by atoms with van der Waals surface area (Å²) in [6.45, 7) is 2.00. The first-order valence-electron chi connectivity index (χ1n) is 10.5. The molecule has 4 aromatic rings. The van der Waals surface area contributed by atoms with E-state index in [-0.39, 0.29) is 12.2 Å². The van der Waals surface area contributed by atoms with Crippen LogP contribution in [0.5, 0.6) is 0 Å². The van der Waals surface area contributed by atoms with E-state index in [4.69, 9.17) is 9.73 Å². The molecule has 0 aliphatic carbocycles. The molecule has 7 heteroatoms. The quantitative estimate of drug-likeness (QED) is 0.413. The third kappa shape index (κ3) is 4.01. The Labute approximate surface area is 198 Å². The molecule has 0 saturated carbocycles. The molecule has 0 amide bonds. The second kappa shape index (κ2) is 9.13. The molecule has 1 atom stereocenters. The van der Waals surface area contributed by atoms with Gasteiger partial charge in [-0.25, -0.2) is 9.79 Å². The van der Waals surface area contributed by atoms with Crippen molar-refractivity contribution < 1.29 is 9.53 Å². The number of benzene rings is 2. The van der Waals surface area contributed by atoms with Crippen LogP contribution in [-0.4, -0.2) is 17.1 Å². The summed E-state index contributed by atoms with van der Waals surface area (Å²) in [7, 11) is 0. The zero-order chi connectivity index (χ0) is 22.8. The van der Waals surface area contributed by atoms with E-state index in [0.29, 0.717) is 20.6 Å². The molecule has 0 bridgehead atoms. The van der Waals surface area contributed by atoms with Crippen LogP contribution in [0, 0.1) is 0 Å². The van der Waals surface area contributed by atoms with E-state index >= 15 is 0 Å². The van der Waals surface area contributed by atoms with E-state index < -0.39 is 12.0 Å². The Morgan fingerprint density at radius 3 is 2.48 bits per heavy atom. The van der Waals surface area contributed by atoms with Gasteiger partial charge in [0.1, 0.15) is 0 Å². The number of rotatable bonds is 5. The fourth-order valence-corrected chi connectivity index (χ4v) is 5.52. The van der Waals surface area contributed by atoms with Gasteiger partial charge >= 0.3 is 5.97 Å². The summed E-state index contributed by atoms with van der Waals surface area (Å²) < 4.78 is 7.65. The van der Waals surface area contributed by atoms with Gasteiger partial charge < -0.3 is 4.74 Å². The largest absolute Gasteiger partial charge is 0.463 e. The molecule has 0 radical (unpaired) electrons. The van der Waals surface area contributed by atoms with Gasteiger partial charge in [-0.15, -0.1) is 0 Å². The SMILES string of the molecule is CCOC(=O)C1=C(c2ccccc2)N=c2s/c(=C/c3ccsc3)c(=O)n2C1c1ccccc1. The van der Waals surface area contributed by atoms with Gasteiger partial charge in [0.15, 0.2) is 4.80 Å². The number of hydrogen-bond acceptors (Lipinski definition) is 6. The van der Waals surface area contributed by atoms with Crippen molar-refractivity contribution in [1.29, 1.82) is 0 Å². The van der Waals surface area contributed by atoms with Crippen LogP contribution < -0.4 is 14.9 Å². The fourth-order valence-electron chi connectivity index (χ4n) is 3.90. The highest BCUT2D eigenvalue weighted by molar-refractivity contribution is 7.08. The molecule has 3 heterocycles. The van der Waals surface area contributed by atoms with Crippen LogP contribution in [0.15, 0.2) is 92.9 Å². The lowest BCUT2D eigenvalue weighted by Crippen LogP contribution is -2.39. The lowest BCUT2D eigenvalue weighted by atomic mass is 9.93. The molecule has 5 nitrogen and oxygen atoms in total. The normalized spacial score (nSPS) is 15.8. The number of fused-ring (bicyclic) bond motifs is 1. The van der Waals surface area contributed by atoms with E-state index in [1.807, 2.05) is 83.6 Å². The summed E-state index contributed by atoms with van der Waals surface area (Å²) in [4.78, 5) is 32.3. The van der Waals surface area contributed by atoms with E-state index in [1.165, 1.54) is 11.3 Å². The molecular weight excluding hydrogens is 452 g/mol. The number of ether oxygens (including phenoxy) is 1. The zero-order valence-electron chi connectivity index (χ0n) is 17.8. The maximum atomic E-state index is 13.6.